The Morgan fingerprint density at radius 1 is 0.839 bits per heavy atom. The predicted molar refractivity (Wildman–Crippen MR) is 123 cm³/mol. The SMILES string of the molecule is C#CCCC.C#CCCOS(=O)(=O)c1ccc(Cl)cc1.O=S(=O)(O)c1ccc(Cl)cc1. The molecule has 168 valence electrons. The lowest BCUT2D eigenvalue weighted by atomic mass is 10.4. The number of hydrogen-bond acceptors (Lipinski definition) is 5. The van der Waals surface area contributed by atoms with E-state index in [2.05, 4.69) is 22.9 Å². The van der Waals surface area contributed by atoms with Crippen LogP contribution in [0, 0.1) is 24.7 Å². The molecule has 0 saturated heterocycles. The average Bonchev–Trinajstić information content (AvgIpc) is 2.70. The topological polar surface area (TPSA) is 97.7 Å². The molecule has 31 heavy (non-hydrogen) atoms. The minimum Gasteiger partial charge on any atom is -0.282 e. The summed E-state index contributed by atoms with van der Waals surface area (Å²) in [5.74, 6) is 4.81. The number of benzene rings is 2. The van der Waals surface area contributed by atoms with Crippen LogP contribution in [-0.2, 0) is 24.4 Å². The molecule has 2 rings (SSSR count). The third-order valence-corrected chi connectivity index (χ3v) is 5.79. The summed E-state index contributed by atoms with van der Waals surface area (Å²) < 4.78 is 57.1. The molecule has 0 saturated carbocycles. The molecule has 0 aliphatic carbocycles. The quantitative estimate of drug-likeness (QED) is 0.255. The Labute approximate surface area is 194 Å². The Bertz CT molecular complexity index is 1080. The van der Waals surface area contributed by atoms with Crippen molar-refractivity contribution in [1.29, 1.82) is 0 Å². The minimum atomic E-state index is -4.08. The Kier molecular flexibility index (Phi) is 13.9. The summed E-state index contributed by atoms with van der Waals surface area (Å²) in [6.07, 6.45) is 12.1. The highest BCUT2D eigenvalue weighted by molar-refractivity contribution is 7.86. The van der Waals surface area contributed by atoms with E-state index in [1.807, 2.05) is 0 Å². The number of hydrogen-bond donors (Lipinski definition) is 1. The van der Waals surface area contributed by atoms with Gasteiger partial charge in [0.2, 0.25) is 0 Å². The van der Waals surface area contributed by atoms with Crippen LogP contribution in [-0.4, -0.2) is 28.0 Å². The first-order valence-electron chi connectivity index (χ1n) is 8.73. The molecule has 0 heterocycles. The van der Waals surface area contributed by atoms with Gasteiger partial charge in [0, 0.05) is 22.9 Å². The van der Waals surface area contributed by atoms with E-state index in [1.54, 1.807) is 0 Å². The summed E-state index contributed by atoms with van der Waals surface area (Å²) in [6, 6.07) is 11.0. The third kappa shape index (κ3) is 13.1. The minimum absolute atomic E-state index is 0.0124. The van der Waals surface area contributed by atoms with Gasteiger partial charge in [0.1, 0.15) is 0 Å². The fourth-order valence-corrected chi connectivity index (χ4v) is 3.27. The van der Waals surface area contributed by atoms with Crippen molar-refractivity contribution in [2.75, 3.05) is 6.61 Å². The first-order chi connectivity index (χ1) is 14.5. The Balaban J connectivity index is 0.000000492. The number of terminal acetylenes is 2. The van der Waals surface area contributed by atoms with E-state index >= 15 is 0 Å². The van der Waals surface area contributed by atoms with Crippen molar-refractivity contribution in [3.8, 4) is 24.7 Å². The molecule has 10 heteroatoms. The summed E-state index contributed by atoms with van der Waals surface area (Å²) in [5, 5.41) is 0.898. The first-order valence-corrected chi connectivity index (χ1v) is 12.3. The highest BCUT2D eigenvalue weighted by Gasteiger charge is 2.14. The number of unbranched alkanes of at least 4 members (excludes halogenated alkanes) is 1. The second kappa shape index (κ2) is 14.9. The lowest BCUT2D eigenvalue weighted by Crippen LogP contribution is -2.07. The van der Waals surface area contributed by atoms with E-state index in [1.165, 1.54) is 48.5 Å². The van der Waals surface area contributed by atoms with Crippen LogP contribution in [0.5, 0.6) is 0 Å². The van der Waals surface area contributed by atoms with Crippen molar-refractivity contribution >= 4 is 43.4 Å². The van der Waals surface area contributed by atoms with Gasteiger partial charge in [0.25, 0.3) is 20.2 Å². The van der Waals surface area contributed by atoms with Crippen LogP contribution in [0.4, 0.5) is 0 Å². The molecule has 0 aliphatic rings. The van der Waals surface area contributed by atoms with Gasteiger partial charge in [-0.2, -0.15) is 16.8 Å². The molecule has 2 aromatic rings. The largest absolute Gasteiger partial charge is 0.297 e. The second-order valence-electron chi connectivity index (χ2n) is 5.57. The predicted octanol–water partition coefficient (Wildman–Crippen LogP) is 5.08. The maximum absolute atomic E-state index is 11.5. The van der Waals surface area contributed by atoms with E-state index in [-0.39, 0.29) is 22.8 Å². The Morgan fingerprint density at radius 2 is 1.26 bits per heavy atom. The molecule has 2 aromatic carbocycles. The van der Waals surface area contributed by atoms with Crippen LogP contribution < -0.4 is 0 Å². The van der Waals surface area contributed by atoms with Crippen molar-refractivity contribution in [1.82, 2.24) is 0 Å². The van der Waals surface area contributed by atoms with Gasteiger partial charge in [0.15, 0.2) is 0 Å². The molecule has 6 nitrogen and oxygen atoms in total. The van der Waals surface area contributed by atoms with Crippen molar-refractivity contribution in [2.24, 2.45) is 0 Å². The molecule has 1 N–H and O–H groups in total. The van der Waals surface area contributed by atoms with Crippen LogP contribution in [0.25, 0.3) is 0 Å². The summed E-state index contributed by atoms with van der Waals surface area (Å²) in [5.41, 5.74) is 0. The molecule has 0 aromatic heterocycles. The zero-order valence-electron chi connectivity index (χ0n) is 16.7. The molecule has 0 fully saturated rings. The van der Waals surface area contributed by atoms with Crippen molar-refractivity contribution < 1.29 is 25.6 Å². The highest BCUT2D eigenvalue weighted by atomic mass is 35.5. The summed E-state index contributed by atoms with van der Waals surface area (Å²) in [4.78, 5) is -0.0779. The summed E-state index contributed by atoms with van der Waals surface area (Å²) >= 11 is 11.1. The Hall–Kier alpha value is -2.04. The third-order valence-electron chi connectivity index (χ3n) is 3.09. The Morgan fingerprint density at radius 3 is 1.58 bits per heavy atom. The van der Waals surface area contributed by atoms with Crippen molar-refractivity contribution in [3.05, 3.63) is 58.6 Å². The molecular formula is C21H22Cl2O6S2. The molecular weight excluding hydrogens is 483 g/mol. The number of rotatable bonds is 6. The van der Waals surface area contributed by atoms with Gasteiger partial charge in [-0.15, -0.1) is 24.7 Å². The van der Waals surface area contributed by atoms with Crippen molar-refractivity contribution in [3.63, 3.8) is 0 Å². The van der Waals surface area contributed by atoms with Crippen LogP contribution in [0.1, 0.15) is 26.2 Å². The highest BCUT2D eigenvalue weighted by Crippen LogP contribution is 2.16. The van der Waals surface area contributed by atoms with Gasteiger partial charge < -0.3 is 0 Å². The summed E-state index contributed by atoms with van der Waals surface area (Å²) in [7, 11) is -7.78. The molecule has 0 spiro atoms. The fraction of sp³-hybridized carbons (Fsp3) is 0.238. The second-order valence-corrected chi connectivity index (χ2v) is 9.48. The lowest BCUT2D eigenvalue weighted by Gasteiger charge is -2.03. The van der Waals surface area contributed by atoms with E-state index in [0.29, 0.717) is 10.0 Å². The van der Waals surface area contributed by atoms with E-state index in [0.717, 1.165) is 12.8 Å². The van der Waals surface area contributed by atoms with Crippen LogP contribution in [0.15, 0.2) is 58.3 Å². The smallest absolute Gasteiger partial charge is 0.282 e. The van der Waals surface area contributed by atoms with Gasteiger partial charge in [0.05, 0.1) is 16.4 Å². The van der Waals surface area contributed by atoms with Crippen LogP contribution in [0.2, 0.25) is 10.0 Å². The summed E-state index contributed by atoms with van der Waals surface area (Å²) in [6.45, 7) is 2.06. The molecule has 0 atom stereocenters. The number of halogens is 2. The van der Waals surface area contributed by atoms with E-state index in [9.17, 15) is 16.8 Å². The maximum Gasteiger partial charge on any atom is 0.297 e. The van der Waals surface area contributed by atoms with Gasteiger partial charge >= 0.3 is 0 Å². The van der Waals surface area contributed by atoms with Crippen LogP contribution >= 0.6 is 23.2 Å². The molecule has 0 amide bonds. The van der Waals surface area contributed by atoms with Crippen molar-refractivity contribution in [2.45, 2.75) is 36.0 Å². The van der Waals surface area contributed by atoms with Crippen LogP contribution in [0.3, 0.4) is 0 Å². The van der Waals surface area contributed by atoms with Gasteiger partial charge in [-0.3, -0.25) is 8.74 Å². The normalized spacial score (nSPS) is 10.4. The fourth-order valence-electron chi connectivity index (χ4n) is 1.63. The lowest BCUT2D eigenvalue weighted by molar-refractivity contribution is 0.327. The van der Waals surface area contributed by atoms with Gasteiger partial charge in [-0.05, 0) is 55.0 Å². The van der Waals surface area contributed by atoms with E-state index in [4.69, 9.17) is 40.6 Å². The first kappa shape index (κ1) is 29.0. The molecule has 0 radical (unpaired) electrons. The average molecular weight is 505 g/mol. The van der Waals surface area contributed by atoms with E-state index < -0.39 is 20.2 Å². The van der Waals surface area contributed by atoms with Gasteiger partial charge in [-0.1, -0.05) is 30.1 Å². The monoisotopic (exact) mass is 504 g/mol. The zero-order valence-corrected chi connectivity index (χ0v) is 19.8. The standard InChI is InChI=1S/C10H9ClO3S.C6H5ClO3S.C5H8/c1-2-3-8-14-15(12,13)10-6-4-9(11)5-7-10;7-5-1-3-6(4-2-5)11(8,9)10;1-3-5-4-2/h1,4-7H,3,8H2;1-4H,(H,8,9,10);1H,4-5H2,2H3. The van der Waals surface area contributed by atoms with Gasteiger partial charge in [-0.25, -0.2) is 0 Å². The maximum atomic E-state index is 11.5. The molecule has 0 bridgehead atoms. The molecule has 0 unspecified atom stereocenters. The molecule has 0 aliphatic heterocycles. The zero-order chi connectivity index (χ0) is 23.9.